The van der Waals surface area contributed by atoms with Crippen molar-refractivity contribution in [1.82, 2.24) is 4.90 Å². The molecule has 1 amide bonds. The third kappa shape index (κ3) is 1.85. The maximum atomic E-state index is 11.8. The number of alkyl halides is 1. The Labute approximate surface area is 91.2 Å². The molecule has 1 aliphatic rings. The molecule has 14 heavy (non-hydrogen) atoms. The van der Waals surface area contributed by atoms with Gasteiger partial charge in [0.05, 0.1) is 6.26 Å². The van der Waals surface area contributed by atoms with E-state index in [1.165, 1.54) is 6.26 Å². The average Bonchev–Trinajstić information content (AvgIpc) is 2.88. The van der Waals surface area contributed by atoms with Crippen molar-refractivity contribution in [3.05, 3.63) is 24.2 Å². The van der Waals surface area contributed by atoms with Crippen molar-refractivity contribution in [3.63, 3.8) is 0 Å². The summed E-state index contributed by atoms with van der Waals surface area (Å²) in [5.74, 6) is 1.05. The van der Waals surface area contributed by atoms with Crippen LogP contribution in [0.1, 0.15) is 17.0 Å². The monoisotopic (exact) mass is 257 g/mol. The molecule has 1 atom stereocenters. The number of carbonyl (C=O) groups is 1. The first-order valence-electron chi connectivity index (χ1n) is 4.70. The molecule has 0 aliphatic carbocycles. The van der Waals surface area contributed by atoms with Crippen LogP contribution in [-0.4, -0.2) is 29.2 Å². The summed E-state index contributed by atoms with van der Waals surface area (Å²) in [6, 6.07) is 3.45. The fraction of sp³-hybridized carbons (Fsp3) is 0.500. The minimum absolute atomic E-state index is 0.0125. The lowest BCUT2D eigenvalue weighted by molar-refractivity contribution is 0.0757. The van der Waals surface area contributed by atoms with Gasteiger partial charge in [-0.25, -0.2) is 0 Å². The Morgan fingerprint density at radius 2 is 2.57 bits per heavy atom. The van der Waals surface area contributed by atoms with Gasteiger partial charge < -0.3 is 9.32 Å². The van der Waals surface area contributed by atoms with Gasteiger partial charge in [-0.05, 0) is 24.5 Å². The topological polar surface area (TPSA) is 33.5 Å². The van der Waals surface area contributed by atoms with Crippen LogP contribution in [0.5, 0.6) is 0 Å². The first kappa shape index (κ1) is 9.77. The predicted octanol–water partition coefficient (Wildman–Crippen LogP) is 2.14. The second-order valence-electron chi connectivity index (χ2n) is 3.54. The smallest absolute Gasteiger partial charge is 0.289 e. The molecule has 0 saturated carbocycles. The minimum atomic E-state index is 0.0125. The Morgan fingerprint density at radius 1 is 1.71 bits per heavy atom. The van der Waals surface area contributed by atoms with E-state index in [0.29, 0.717) is 11.7 Å². The zero-order chi connectivity index (χ0) is 9.97. The molecule has 2 rings (SSSR count). The highest BCUT2D eigenvalue weighted by Crippen LogP contribution is 2.20. The Kier molecular flexibility index (Phi) is 2.91. The zero-order valence-corrected chi connectivity index (χ0v) is 9.37. The maximum Gasteiger partial charge on any atom is 0.289 e. The van der Waals surface area contributed by atoms with Gasteiger partial charge in [0.15, 0.2) is 5.76 Å². The van der Waals surface area contributed by atoms with Crippen LogP contribution in [0.15, 0.2) is 22.8 Å². The van der Waals surface area contributed by atoms with E-state index in [1.807, 2.05) is 4.90 Å². The summed E-state index contributed by atoms with van der Waals surface area (Å²) in [6.07, 6.45) is 2.61. The van der Waals surface area contributed by atoms with Crippen LogP contribution in [0.2, 0.25) is 0 Å². The number of amides is 1. The van der Waals surface area contributed by atoms with E-state index in [4.69, 9.17) is 4.42 Å². The summed E-state index contributed by atoms with van der Waals surface area (Å²) in [6.45, 7) is 1.68. The van der Waals surface area contributed by atoms with Gasteiger partial charge in [0.1, 0.15) is 0 Å². The molecule has 0 bridgehead atoms. The predicted molar refractivity (Wildman–Crippen MR) is 56.5 cm³/mol. The van der Waals surface area contributed by atoms with E-state index in [-0.39, 0.29) is 5.91 Å². The Hall–Kier alpha value is -0.770. The summed E-state index contributed by atoms with van der Waals surface area (Å²) < 4.78 is 5.07. The highest BCUT2D eigenvalue weighted by Gasteiger charge is 2.27. The van der Waals surface area contributed by atoms with Gasteiger partial charge in [0.25, 0.3) is 5.91 Å². The highest BCUT2D eigenvalue weighted by atomic mass is 79.9. The van der Waals surface area contributed by atoms with Crippen LogP contribution in [0.3, 0.4) is 0 Å². The molecule has 0 radical (unpaired) electrons. The van der Waals surface area contributed by atoms with Crippen LogP contribution in [0.4, 0.5) is 0 Å². The Balaban J connectivity index is 2.00. The fourth-order valence-corrected chi connectivity index (χ4v) is 2.23. The third-order valence-corrected chi connectivity index (χ3v) is 3.44. The van der Waals surface area contributed by atoms with E-state index in [2.05, 4.69) is 15.9 Å². The number of furan rings is 1. The molecular formula is C10H12BrNO2. The van der Waals surface area contributed by atoms with Crippen molar-refractivity contribution in [3.8, 4) is 0 Å². The molecule has 0 N–H and O–H groups in total. The summed E-state index contributed by atoms with van der Waals surface area (Å²) >= 11 is 3.44. The van der Waals surface area contributed by atoms with Crippen molar-refractivity contribution in [2.45, 2.75) is 6.42 Å². The van der Waals surface area contributed by atoms with Crippen molar-refractivity contribution in [2.24, 2.45) is 5.92 Å². The molecule has 76 valence electrons. The standard InChI is InChI=1S/C10H12BrNO2/c11-6-8-3-4-12(7-8)10(13)9-2-1-5-14-9/h1-2,5,8H,3-4,6-7H2. The molecule has 1 fully saturated rings. The number of nitrogens with zero attached hydrogens (tertiary/aromatic N) is 1. The Bertz CT molecular complexity index is 310. The van der Waals surface area contributed by atoms with E-state index in [9.17, 15) is 4.79 Å². The second kappa shape index (κ2) is 4.17. The van der Waals surface area contributed by atoms with Gasteiger partial charge in [-0.2, -0.15) is 0 Å². The van der Waals surface area contributed by atoms with E-state index in [0.717, 1.165) is 24.8 Å². The lowest BCUT2D eigenvalue weighted by Crippen LogP contribution is -2.28. The normalized spacial score (nSPS) is 21.5. The molecule has 0 aromatic carbocycles. The first-order valence-corrected chi connectivity index (χ1v) is 5.82. The van der Waals surface area contributed by atoms with Gasteiger partial charge in [-0.3, -0.25) is 4.79 Å². The lowest BCUT2D eigenvalue weighted by Gasteiger charge is -2.13. The fourth-order valence-electron chi connectivity index (χ4n) is 1.70. The van der Waals surface area contributed by atoms with Crippen LogP contribution in [0.25, 0.3) is 0 Å². The zero-order valence-electron chi connectivity index (χ0n) is 7.78. The molecule has 0 spiro atoms. The number of likely N-dealkylation sites (tertiary alicyclic amines) is 1. The lowest BCUT2D eigenvalue weighted by atomic mass is 10.2. The van der Waals surface area contributed by atoms with Gasteiger partial charge in [-0.1, -0.05) is 15.9 Å². The SMILES string of the molecule is O=C(c1ccco1)N1CCC(CBr)C1. The van der Waals surface area contributed by atoms with Gasteiger partial charge in [0, 0.05) is 18.4 Å². The molecule has 1 saturated heterocycles. The quantitative estimate of drug-likeness (QED) is 0.761. The number of halogens is 1. The summed E-state index contributed by atoms with van der Waals surface area (Å²) in [5, 5.41) is 0.967. The van der Waals surface area contributed by atoms with E-state index >= 15 is 0 Å². The van der Waals surface area contributed by atoms with Crippen molar-refractivity contribution in [2.75, 3.05) is 18.4 Å². The first-order chi connectivity index (χ1) is 6.81. The largest absolute Gasteiger partial charge is 0.459 e. The van der Waals surface area contributed by atoms with Crippen LogP contribution < -0.4 is 0 Å². The molecule has 1 unspecified atom stereocenters. The number of carbonyl (C=O) groups excluding carboxylic acids is 1. The third-order valence-electron chi connectivity index (χ3n) is 2.52. The minimum Gasteiger partial charge on any atom is -0.459 e. The van der Waals surface area contributed by atoms with Crippen LogP contribution in [0, 0.1) is 5.92 Å². The summed E-state index contributed by atoms with van der Waals surface area (Å²) in [7, 11) is 0. The van der Waals surface area contributed by atoms with E-state index in [1.54, 1.807) is 12.1 Å². The average molecular weight is 258 g/mol. The van der Waals surface area contributed by atoms with Crippen molar-refractivity contribution in [1.29, 1.82) is 0 Å². The molecule has 2 heterocycles. The molecule has 1 aliphatic heterocycles. The van der Waals surface area contributed by atoms with Crippen molar-refractivity contribution >= 4 is 21.8 Å². The second-order valence-corrected chi connectivity index (χ2v) is 4.18. The van der Waals surface area contributed by atoms with Crippen LogP contribution in [-0.2, 0) is 0 Å². The summed E-state index contributed by atoms with van der Waals surface area (Å²) in [4.78, 5) is 13.6. The van der Waals surface area contributed by atoms with Crippen molar-refractivity contribution < 1.29 is 9.21 Å². The van der Waals surface area contributed by atoms with E-state index < -0.39 is 0 Å². The number of hydrogen-bond donors (Lipinski definition) is 0. The van der Waals surface area contributed by atoms with Crippen LogP contribution >= 0.6 is 15.9 Å². The number of hydrogen-bond acceptors (Lipinski definition) is 2. The number of rotatable bonds is 2. The van der Waals surface area contributed by atoms with Gasteiger partial charge >= 0.3 is 0 Å². The Morgan fingerprint density at radius 3 is 3.14 bits per heavy atom. The summed E-state index contributed by atoms with van der Waals surface area (Å²) in [5.41, 5.74) is 0. The molecule has 1 aromatic rings. The highest BCUT2D eigenvalue weighted by molar-refractivity contribution is 9.09. The molecule has 4 heteroatoms. The molecular weight excluding hydrogens is 246 g/mol. The van der Waals surface area contributed by atoms with Gasteiger partial charge in [-0.15, -0.1) is 0 Å². The maximum absolute atomic E-state index is 11.8. The molecule has 1 aromatic heterocycles. The van der Waals surface area contributed by atoms with Gasteiger partial charge in [0.2, 0.25) is 0 Å². The molecule has 3 nitrogen and oxygen atoms in total.